The van der Waals surface area contributed by atoms with Crippen molar-refractivity contribution in [3.8, 4) is 0 Å². The number of halogens is 1. The highest BCUT2D eigenvalue weighted by molar-refractivity contribution is 5.23. The maximum absolute atomic E-state index is 13.5. The van der Waals surface area contributed by atoms with Crippen molar-refractivity contribution in [1.29, 1.82) is 0 Å². The third-order valence-corrected chi connectivity index (χ3v) is 5.07. The van der Waals surface area contributed by atoms with Gasteiger partial charge in [-0.1, -0.05) is 44.2 Å². The van der Waals surface area contributed by atoms with Crippen LogP contribution in [0.2, 0.25) is 0 Å². The maximum Gasteiger partial charge on any atom is 0.123 e. The van der Waals surface area contributed by atoms with Crippen molar-refractivity contribution in [2.75, 3.05) is 13.1 Å². The molecule has 2 atom stereocenters. The molecule has 2 aliphatic rings. The van der Waals surface area contributed by atoms with E-state index in [0.717, 1.165) is 24.9 Å². The normalized spacial score (nSPS) is 29.3. The first kappa shape index (κ1) is 13.1. The Morgan fingerprint density at radius 3 is 2.68 bits per heavy atom. The Labute approximate surface area is 115 Å². The summed E-state index contributed by atoms with van der Waals surface area (Å²) in [5, 5.41) is 3.50. The lowest BCUT2D eigenvalue weighted by Crippen LogP contribution is -2.39. The summed E-state index contributed by atoms with van der Waals surface area (Å²) in [5.74, 6) is 2.03. The number of hydrogen-bond donors (Lipinski definition) is 1. The predicted octanol–water partition coefficient (Wildman–Crippen LogP) is 4.10. The van der Waals surface area contributed by atoms with Gasteiger partial charge in [0.05, 0.1) is 0 Å². The van der Waals surface area contributed by atoms with Gasteiger partial charge < -0.3 is 5.32 Å². The topological polar surface area (TPSA) is 12.0 Å². The van der Waals surface area contributed by atoms with E-state index in [1.165, 1.54) is 44.1 Å². The Morgan fingerprint density at radius 2 is 1.89 bits per heavy atom. The molecule has 1 aromatic carbocycles. The molecule has 1 N–H and O–H groups in total. The highest BCUT2D eigenvalue weighted by Crippen LogP contribution is 2.41. The zero-order valence-corrected chi connectivity index (χ0v) is 11.6. The molecular formula is C17H24FN. The molecule has 0 radical (unpaired) electrons. The van der Waals surface area contributed by atoms with Crippen molar-refractivity contribution >= 4 is 0 Å². The van der Waals surface area contributed by atoms with Crippen LogP contribution in [0.5, 0.6) is 0 Å². The monoisotopic (exact) mass is 261 g/mol. The number of benzene rings is 1. The SMILES string of the molecule is Fc1cccc(C2CNCCC2C2CCCCC2)c1. The minimum Gasteiger partial charge on any atom is -0.316 e. The first-order valence-electron chi connectivity index (χ1n) is 7.81. The number of piperidine rings is 1. The minimum atomic E-state index is -0.0922. The summed E-state index contributed by atoms with van der Waals surface area (Å²) < 4.78 is 13.5. The van der Waals surface area contributed by atoms with E-state index in [9.17, 15) is 4.39 Å². The lowest BCUT2D eigenvalue weighted by Gasteiger charge is -2.39. The third-order valence-electron chi connectivity index (χ3n) is 5.07. The molecule has 0 bridgehead atoms. The lowest BCUT2D eigenvalue weighted by molar-refractivity contribution is 0.178. The van der Waals surface area contributed by atoms with E-state index in [-0.39, 0.29) is 5.82 Å². The van der Waals surface area contributed by atoms with Gasteiger partial charge in [0, 0.05) is 6.54 Å². The number of hydrogen-bond acceptors (Lipinski definition) is 1. The number of nitrogens with one attached hydrogen (secondary N) is 1. The van der Waals surface area contributed by atoms with Crippen LogP contribution in [0.15, 0.2) is 24.3 Å². The van der Waals surface area contributed by atoms with Crippen LogP contribution in [-0.2, 0) is 0 Å². The molecule has 1 saturated carbocycles. The van der Waals surface area contributed by atoms with Crippen molar-refractivity contribution in [3.05, 3.63) is 35.6 Å². The molecule has 1 aliphatic carbocycles. The van der Waals surface area contributed by atoms with Crippen LogP contribution in [-0.4, -0.2) is 13.1 Å². The Hall–Kier alpha value is -0.890. The highest BCUT2D eigenvalue weighted by Gasteiger charge is 2.33. The molecule has 1 saturated heterocycles. The second kappa shape index (κ2) is 6.04. The molecule has 0 aromatic heterocycles. The molecule has 1 aromatic rings. The summed E-state index contributed by atoms with van der Waals surface area (Å²) in [6.45, 7) is 2.15. The zero-order valence-electron chi connectivity index (χ0n) is 11.6. The van der Waals surface area contributed by atoms with Crippen molar-refractivity contribution < 1.29 is 4.39 Å². The largest absolute Gasteiger partial charge is 0.316 e. The standard InChI is InChI=1S/C17H24FN/c18-15-8-4-7-14(11-15)17-12-19-10-9-16(17)13-5-2-1-3-6-13/h4,7-8,11,13,16-17,19H,1-3,5-6,9-10,12H2. The minimum absolute atomic E-state index is 0.0922. The third kappa shape index (κ3) is 3.00. The Kier molecular flexibility index (Phi) is 4.17. The van der Waals surface area contributed by atoms with E-state index in [1.807, 2.05) is 6.07 Å². The molecule has 1 nitrogen and oxygen atoms in total. The van der Waals surface area contributed by atoms with Gasteiger partial charge >= 0.3 is 0 Å². The first-order valence-corrected chi connectivity index (χ1v) is 7.81. The van der Waals surface area contributed by atoms with Crippen molar-refractivity contribution in [3.63, 3.8) is 0 Å². The first-order chi connectivity index (χ1) is 9.34. The second-order valence-electron chi connectivity index (χ2n) is 6.22. The van der Waals surface area contributed by atoms with Crippen LogP contribution < -0.4 is 5.32 Å². The van der Waals surface area contributed by atoms with Gasteiger partial charge in [-0.3, -0.25) is 0 Å². The van der Waals surface area contributed by atoms with Gasteiger partial charge in [-0.15, -0.1) is 0 Å². The fraction of sp³-hybridized carbons (Fsp3) is 0.647. The fourth-order valence-corrected chi connectivity index (χ4v) is 4.11. The van der Waals surface area contributed by atoms with Crippen LogP contribution in [0.3, 0.4) is 0 Å². The van der Waals surface area contributed by atoms with Crippen molar-refractivity contribution in [2.24, 2.45) is 11.8 Å². The lowest BCUT2D eigenvalue weighted by atomic mass is 9.69. The van der Waals surface area contributed by atoms with Gasteiger partial charge in [-0.2, -0.15) is 0 Å². The van der Waals surface area contributed by atoms with Gasteiger partial charge in [0.1, 0.15) is 5.82 Å². The molecule has 2 unspecified atom stereocenters. The molecule has 2 fully saturated rings. The maximum atomic E-state index is 13.5. The van der Waals surface area contributed by atoms with Gasteiger partial charge in [0.15, 0.2) is 0 Å². The van der Waals surface area contributed by atoms with Crippen molar-refractivity contribution in [1.82, 2.24) is 5.32 Å². The summed E-state index contributed by atoms with van der Waals surface area (Å²) in [6, 6.07) is 7.26. The second-order valence-corrected chi connectivity index (χ2v) is 6.22. The Balaban J connectivity index is 1.80. The van der Waals surface area contributed by atoms with Gasteiger partial charge in [0.25, 0.3) is 0 Å². The highest BCUT2D eigenvalue weighted by atomic mass is 19.1. The molecule has 1 heterocycles. The zero-order chi connectivity index (χ0) is 13.1. The average Bonchev–Trinajstić information content (AvgIpc) is 2.48. The summed E-state index contributed by atoms with van der Waals surface area (Å²) >= 11 is 0. The van der Waals surface area contributed by atoms with Crippen LogP contribution in [0.25, 0.3) is 0 Å². The molecule has 0 amide bonds. The number of rotatable bonds is 2. The summed E-state index contributed by atoms with van der Waals surface area (Å²) in [5.41, 5.74) is 1.20. The van der Waals surface area contributed by atoms with E-state index in [0.29, 0.717) is 5.92 Å². The van der Waals surface area contributed by atoms with Gasteiger partial charge in [-0.25, -0.2) is 4.39 Å². The molecule has 3 rings (SSSR count). The van der Waals surface area contributed by atoms with Crippen LogP contribution in [0.1, 0.15) is 50.0 Å². The van der Waals surface area contributed by atoms with Gasteiger partial charge in [-0.05, 0) is 48.4 Å². The fourth-order valence-electron chi connectivity index (χ4n) is 4.11. The summed E-state index contributed by atoms with van der Waals surface area (Å²) in [4.78, 5) is 0. The molecule has 104 valence electrons. The molecule has 0 spiro atoms. The van der Waals surface area contributed by atoms with E-state index in [2.05, 4.69) is 11.4 Å². The summed E-state index contributed by atoms with van der Waals surface area (Å²) in [6.07, 6.45) is 8.22. The quantitative estimate of drug-likeness (QED) is 0.845. The average molecular weight is 261 g/mol. The van der Waals surface area contributed by atoms with E-state index in [4.69, 9.17) is 0 Å². The molecule has 2 heteroatoms. The molecule has 19 heavy (non-hydrogen) atoms. The summed E-state index contributed by atoms with van der Waals surface area (Å²) in [7, 11) is 0. The van der Waals surface area contributed by atoms with Crippen LogP contribution in [0, 0.1) is 17.7 Å². The van der Waals surface area contributed by atoms with E-state index in [1.54, 1.807) is 12.1 Å². The predicted molar refractivity (Wildman–Crippen MR) is 76.7 cm³/mol. The van der Waals surface area contributed by atoms with Gasteiger partial charge in [0.2, 0.25) is 0 Å². The van der Waals surface area contributed by atoms with E-state index >= 15 is 0 Å². The Morgan fingerprint density at radius 1 is 1.05 bits per heavy atom. The smallest absolute Gasteiger partial charge is 0.123 e. The van der Waals surface area contributed by atoms with Crippen molar-refractivity contribution in [2.45, 2.75) is 44.4 Å². The van der Waals surface area contributed by atoms with Crippen LogP contribution in [0.4, 0.5) is 4.39 Å². The van der Waals surface area contributed by atoms with Crippen LogP contribution >= 0.6 is 0 Å². The van der Waals surface area contributed by atoms with E-state index < -0.39 is 0 Å². The molecular weight excluding hydrogens is 237 g/mol. The Bertz CT molecular complexity index is 411. The molecule has 1 aliphatic heterocycles.